The van der Waals surface area contributed by atoms with Gasteiger partial charge >= 0.3 is 0 Å². The molecule has 98 valence electrons. The van der Waals surface area contributed by atoms with E-state index < -0.39 is 0 Å². The summed E-state index contributed by atoms with van der Waals surface area (Å²) in [7, 11) is 0. The molecule has 0 aromatic heterocycles. The molecule has 5 nitrogen and oxygen atoms in total. The molecular formula is C12H23N3O2. The molecule has 4 N–H and O–H groups in total. The van der Waals surface area contributed by atoms with Gasteiger partial charge in [-0.05, 0) is 38.1 Å². The van der Waals surface area contributed by atoms with Gasteiger partial charge in [-0.15, -0.1) is 0 Å². The van der Waals surface area contributed by atoms with Gasteiger partial charge in [-0.25, -0.2) is 0 Å². The highest BCUT2D eigenvalue weighted by Gasteiger charge is 2.33. The Morgan fingerprint density at radius 1 is 1.12 bits per heavy atom. The van der Waals surface area contributed by atoms with Crippen LogP contribution >= 0.6 is 0 Å². The first-order valence-corrected chi connectivity index (χ1v) is 6.35. The van der Waals surface area contributed by atoms with Crippen LogP contribution in [0.1, 0.15) is 39.5 Å². The number of nitrogens with one attached hydrogen (secondary N) is 2. The number of hydrogen-bond acceptors (Lipinski definition) is 3. The molecule has 1 heterocycles. The van der Waals surface area contributed by atoms with E-state index in [0.717, 1.165) is 12.8 Å². The zero-order valence-electron chi connectivity index (χ0n) is 10.7. The summed E-state index contributed by atoms with van der Waals surface area (Å²) in [5.41, 5.74) is 5.40. The first-order chi connectivity index (χ1) is 8.04. The van der Waals surface area contributed by atoms with Crippen LogP contribution in [0.4, 0.5) is 0 Å². The van der Waals surface area contributed by atoms with Gasteiger partial charge < -0.3 is 16.4 Å². The number of hydrogen-bond donors (Lipinski definition) is 3. The predicted molar refractivity (Wildman–Crippen MR) is 66.2 cm³/mol. The maximum absolute atomic E-state index is 11.8. The second-order valence-corrected chi connectivity index (χ2v) is 5.04. The molecule has 1 fully saturated rings. The number of nitrogens with two attached hydrogens (primary N) is 1. The first-order valence-electron chi connectivity index (χ1n) is 6.35. The summed E-state index contributed by atoms with van der Waals surface area (Å²) < 4.78 is 0. The number of carbonyl (C=O) groups excluding carboxylic acids is 2. The van der Waals surface area contributed by atoms with Gasteiger partial charge in [0.1, 0.15) is 12.1 Å². The van der Waals surface area contributed by atoms with E-state index in [4.69, 9.17) is 5.73 Å². The van der Waals surface area contributed by atoms with Crippen LogP contribution in [0.3, 0.4) is 0 Å². The molecule has 1 aliphatic rings. The van der Waals surface area contributed by atoms with Crippen LogP contribution in [-0.4, -0.2) is 30.4 Å². The minimum Gasteiger partial charge on any atom is -0.343 e. The van der Waals surface area contributed by atoms with Gasteiger partial charge in [0, 0.05) is 0 Å². The van der Waals surface area contributed by atoms with Crippen molar-refractivity contribution in [1.82, 2.24) is 10.6 Å². The Balaban J connectivity index is 2.43. The zero-order chi connectivity index (χ0) is 12.8. The maximum Gasteiger partial charge on any atom is 0.243 e. The van der Waals surface area contributed by atoms with Crippen LogP contribution < -0.4 is 16.4 Å². The minimum absolute atomic E-state index is 0.0592. The topological polar surface area (TPSA) is 84.2 Å². The van der Waals surface area contributed by atoms with Gasteiger partial charge in [-0.2, -0.15) is 0 Å². The largest absolute Gasteiger partial charge is 0.343 e. The van der Waals surface area contributed by atoms with E-state index in [2.05, 4.69) is 10.6 Å². The predicted octanol–water partition coefficient (Wildman–Crippen LogP) is 0.145. The summed E-state index contributed by atoms with van der Waals surface area (Å²) in [5, 5.41) is 5.58. The van der Waals surface area contributed by atoms with Crippen LogP contribution in [0.25, 0.3) is 0 Å². The van der Waals surface area contributed by atoms with Crippen LogP contribution in [-0.2, 0) is 9.59 Å². The highest BCUT2D eigenvalue weighted by Crippen LogP contribution is 2.11. The second-order valence-electron chi connectivity index (χ2n) is 5.04. The molecule has 5 heteroatoms. The fourth-order valence-electron chi connectivity index (χ4n) is 2.01. The zero-order valence-corrected chi connectivity index (χ0v) is 10.7. The molecule has 0 radical (unpaired) electrons. The molecule has 17 heavy (non-hydrogen) atoms. The first kappa shape index (κ1) is 14.0. The summed E-state index contributed by atoms with van der Waals surface area (Å²) in [6.45, 7) is 4.69. The summed E-state index contributed by atoms with van der Waals surface area (Å²) >= 11 is 0. The molecular weight excluding hydrogens is 218 g/mol. The lowest BCUT2D eigenvalue weighted by Crippen LogP contribution is -2.61. The van der Waals surface area contributed by atoms with Crippen molar-refractivity contribution in [2.24, 2.45) is 11.7 Å². The summed E-state index contributed by atoms with van der Waals surface area (Å²) in [6.07, 6.45) is 3.11. The quantitative estimate of drug-likeness (QED) is 0.579. The lowest BCUT2D eigenvalue weighted by atomic mass is 9.98. The van der Waals surface area contributed by atoms with E-state index in [0.29, 0.717) is 25.3 Å². The Bertz CT molecular complexity index is 279. The highest BCUT2D eigenvalue weighted by atomic mass is 16.2. The molecule has 1 aliphatic heterocycles. The van der Waals surface area contributed by atoms with Crippen LogP contribution in [0.15, 0.2) is 0 Å². The van der Waals surface area contributed by atoms with Crippen molar-refractivity contribution in [3.8, 4) is 0 Å². The summed E-state index contributed by atoms with van der Waals surface area (Å²) in [6, 6.07) is -0.745. The molecule has 1 saturated heterocycles. The van der Waals surface area contributed by atoms with Crippen molar-refractivity contribution in [3.63, 3.8) is 0 Å². The Hall–Kier alpha value is -1.10. The monoisotopic (exact) mass is 241 g/mol. The molecule has 0 bridgehead atoms. The van der Waals surface area contributed by atoms with Gasteiger partial charge in [-0.1, -0.05) is 13.8 Å². The van der Waals surface area contributed by atoms with Gasteiger partial charge in [0.15, 0.2) is 0 Å². The maximum atomic E-state index is 11.8. The Morgan fingerprint density at radius 2 is 1.71 bits per heavy atom. The molecule has 0 aromatic rings. The standard InChI is InChI=1S/C12H23N3O2/c1-8(2)7-10-12(17)14-9(11(16)15-10)5-3-4-6-13/h8-10H,3-7,13H2,1-2H3,(H,14,17)(H,15,16)/t9-,10-/m0/s1. The normalized spacial score (nSPS) is 24.7. The number of amides is 2. The number of rotatable bonds is 6. The molecule has 0 aromatic carbocycles. The molecule has 2 amide bonds. The minimum atomic E-state index is -0.377. The van der Waals surface area contributed by atoms with Crippen LogP contribution in [0.2, 0.25) is 0 Å². The Kier molecular flexibility index (Phi) is 5.41. The average molecular weight is 241 g/mol. The molecule has 2 atom stereocenters. The molecule has 0 aliphatic carbocycles. The van der Waals surface area contributed by atoms with E-state index >= 15 is 0 Å². The van der Waals surface area contributed by atoms with E-state index in [-0.39, 0.29) is 23.9 Å². The Morgan fingerprint density at radius 3 is 2.29 bits per heavy atom. The van der Waals surface area contributed by atoms with Crippen LogP contribution in [0.5, 0.6) is 0 Å². The van der Waals surface area contributed by atoms with Gasteiger partial charge in [0.2, 0.25) is 11.8 Å². The van der Waals surface area contributed by atoms with E-state index in [1.807, 2.05) is 13.8 Å². The number of carbonyl (C=O) groups is 2. The van der Waals surface area contributed by atoms with Crippen molar-refractivity contribution in [2.45, 2.75) is 51.6 Å². The van der Waals surface area contributed by atoms with Crippen molar-refractivity contribution >= 4 is 11.8 Å². The van der Waals surface area contributed by atoms with Crippen molar-refractivity contribution in [1.29, 1.82) is 0 Å². The van der Waals surface area contributed by atoms with Gasteiger partial charge in [-0.3, -0.25) is 9.59 Å². The highest BCUT2D eigenvalue weighted by molar-refractivity contribution is 5.96. The fourth-order valence-corrected chi connectivity index (χ4v) is 2.01. The third-order valence-electron chi connectivity index (χ3n) is 2.92. The molecule has 1 rings (SSSR count). The lowest BCUT2D eigenvalue weighted by molar-refractivity contribution is -0.137. The summed E-state index contributed by atoms with van der Waals surface area (Å²) in [5.74, 6) is 0.267. The number of unbranched alkanes of at least 4 members (excludes halogenated alkanes) is 1. The van der Waals surface area contributed by atoms with Crippen molar-refractivity contribution < 1.29 is 9.59 Å². The van der Waals surface area contributed by atoms with Gasteiger partial charge in [0.05, 0.1) is 0 Å². The lowest BCUT2D eigenvalue weighted by Gasteiger charge is -2.30. The van der Waals surface area contributed by atoms with Crippen LogP contribution in [0, 0.1) is 5.92 Å². The smallest absolute Gasteiger partial charge is 0.243 e. The fraction of sp³-hybridized carbons (Fsp3) is 0.833. The summed E-state index contributed by atoms with van der Waals surface area (Å²) in [4.78, 5) is 23.5. The van der Waals surface area contributed by atoms with Crippen molar-refractivity contribution in [2.75, 3.05) is 6.54 Å². The molecule has 0 spiro atoms. The van der Waals surface area contributed by atoms with E-state index in [1.54, 1.807) is 0 Å². The van der Waals surface area contributed by atoms with Gasteiger partial charge in [0.25, 0.3) is 0 Å². The number of piperazine rings is 1. The molecule has 0 unspecified atom stereocenters. The van der Waals surface area contributed by atoms with E-state index in [1.165, 1.54) is 0 Å². The third-order valence-corrected chi connectivity index (χ3v) is 2.92. The molecule has 0 saturated carbocycles. The third kappa shape index (κ3) is 4.34. The van der Waals surface area contributed by atoms with E-state index in [9.17, 15) is 9.59 Å². The van der Waals surface area contributed by atoms with Crippen molar-refractivity contribution in [3.05, 3.63) is 0 Å². The Labute approximate surface area is 103 Å². The second kappa shape index (κ2) is 6.59. The average Bonchev–Trinajstić information content (AvgIpc) is 2.24. The SMILES string of the molecule is CC(C)C[C@@H]1NC(=O)[C@H](CCCCN)NC1=O.